The minimum absolute atomic E-state index is 0.0130. The Balaban J connectivity index is 1.57. The van der Waals surface area contributed by atoms with Gasteiger partial charge in [-0.2, -0.15) is 0 Å². The van der Waals surface area contributed by atoms with E-state index in [-0.39, 0.29) is 5.56 Å². The van der Waals surface area contributed by atoms with Gasteiger partial charge in [-0.25, -0.2) is 4.98 Å². The second-order valence-electron chi connectivity index (χ2n) is 6.74. The average Bonchev–Trinajstić information content (AvgIpc) is 3.26. The summed E-state index contributed by atoms with van der Waals surface area (Å²) in [5.41, 5.74) is 1.51. The summed E-state index contributed by atoms with van der Waals surface area (Å²) in [6, 6.07) is 14.9. The summed E-state index contributed by atoms with van der Waals surface area (Å²) in [6.45, 7) is 2.74. The summed E-state index contributed by atoms with van der Waals surface area (Å²) >= 11 is 1.43. The van der Waals surface area contributed by atoms with Crippen LogP contribution in [0.4, 0.5) is 0 Å². The van der Waals surface area contributed by atoms with Crippen molar-refractivity contribution >= 4 is 22.7 Å². The van der Waals surface area contributed by atoms with Gasteiger partial charge in [0.1, 0.15) is 5.75 Å². The number of rotatable bonds is 8. The number of hydrogen-bond donors (Lipinski definition) is 0. The Labute approximate surface area is 178 Å². The van der Waals surface area contributed by atoms with Crippen molar-refractivity contribution in [2.45, 2.75) is 37.2 Å². The van der Waals surface area contributed by atoms with Gasteiger partial charge in [0.25, 0.3) is 5.56 Å². The fraction of sp³-hybridized carbons (Fsp3) is 0.273. The first-order valence-corrected chi connectivity index (χ1v) is 10.8. The molecule has 0 saturated carbocycles. The number of fused-ring (bicyclic) bond motifs is 1. The highest BCUT2D eigenvalue weighted by Gasteiger charge is 2.14. The van der Waals surface area contributed by atoms with Crippen LogP contribution in [0.3, 0.4) is 0 Å². The zero-order valence-corrected chi connectivity index (χ0v) is 17.7. The van der Waals surface area contributed by atoms with Crippen molar-refractivity contribution < 1.29 is 9.15 Å². The van der Waals surface area contributed by atoms with Crippen molar-refractivity contribution in [1.82, 2.24) is 19.7 Å². The lowest BCUT2D eigenvalue weighted by atomic mass is 10.2. The third kappa shape index (κ3) is 4.23. The molecule has 0 N–H and O–H groups in total. The fourth-order valence-electron chi connectivity index (χ4n) is 3.06. The number of hydrogen-bond acceptors (Lipinski definition) is 7. The molecule has 7 nitrogen and oxygen atoms in total. The van der Waals surface area contributed by atoms with Crippen molar-refractivity contribution in [3.8, 4) is 17.2 Å². The van der Waals surface area contributed by atoms with E-state index < -0.39 is 0 Å². The SMILES string of the molecule is CCCCn1c(SCc2nnc(-c3ccc(OC)cc3)o2)nc2ccccc2c1=O. The number of para-hydroxylation sites is 1. The molecule has 0 aliphatic rings. The van der Waals surface area contributed by atoms with Gasteiger partial charge < -0.3 is 9.15 Å². The maximum absolute atomic E-state index is 13.0. The molecule has 0 radical (unpaired) electrons. The molecule has 0 fully saturated rings. The summed E-state index contributed by atoms with van der Waals surface area (Å²) in [7, 11) is 1.62. The van der Waals surface area contributed by atoms with Crippen LogP contribution in [0, 0.1) is 0 Å². The number of benzene rings is 2. The molecular weight excluding hydrogens is 400 g/mol. The Morgan fingerprint density at radius 2 is 1.90 bits per heavy atom. The molecule has 0 spiro atoms. The Morgan fingerprint density at radius 3 is 2.67 bits per heavy atom. The van der Waals surface area contributed by atoms with Gasteiger partial charge in [-0.3, -0.25) is 9.36 Å². The molecule has 0 unspecified atom stereocenters. The fourth-order valence-corrected chi connectivity index (χ4v) is 3.92. The molecule has 154 valence electrons. The first kappa shape index (κ1) is 20.2. The minimum Gasteiger partial charge on any atom is -0.497 e. The van der Waals surface area contributed by atoms with E-state index in [4.69, 9.17) is 14.1 Å². The van der Waals surface area contributed by atoms with E-state index >= 15 is 0 Å². The van der Waals surface area contributed by atoms with Crippen LogP contribution in [-0.2, 0) is 12.3 Å². The van der Waals surface area contributed by atoms with Crippen LogP contribution in [0.25, 0.3) is 22.4 Å². The first-order chi connectivity index (χ1) is 14.7. The van der Waals surface area contributed by atoms with E-state index in [0.717, 1.165) is 24.2 Å². The van der Waals surface area contributed by atoms with E-state index in [1.807, 2.05) is 48.5 Å². The zero-order valence-electron chi connectivity index (χ0n) is 16.9. The molecule has 8 heteroatoms. The molecule has 0 aliphatic heterocycles. The van der Waals surface area contributed by atoms with Crippen LogP contribution < -0.4 is 10.3 Å². The average molecular weight is 423 g/mol. The molecule has 0 saturated heterocycles. The van der Waals surface area contributed by atoms with Crippen LogP contribution in [0.15, 0.2) is 62.9 Å². The van der Waals surface area contributed by atoms with Gasteiger partial charge in [0.05, 0.1) is 23.8 Å². The van der Waals surface area contributed by atoms with Crippen molar-refractivity contribution in [3.63, 3.8) is 0 Å². The lowest BCUT2D eigenvalue weighted by molar-refractivity contribution is 0.415. The van der Waals surface area contributed by atoms with Gasteiger partial charge in [0, 0.05) is 12.1 Å². The standard InChI is InChI=1S/C22H22N4O3S/c1-3-4-13-26-21(27)17-7-5-6-8-18(17)23-22(26)30-14-19-24-25-20(29-19)15-9-11-16(28-2)12-10-15/h5-12H,3-4,13-14H2,1-2H3. The Bertz CT molecular complexity index is 1200. The number of ether oxygens (including phenoxy) is 1. The van der Waals surface area contributed by atoms with Gasteiger partial charge in [-0.1, -0.05) is 37.2 Å². The quantitative estimate of drug-likeness (QED) is 0.304. The van der Waals surface area contributed by atoms with Crippen LogP contribution in [0.5, 0.6) is 5.75 Å². The summed E-state index contributed by atoms with van der Waals surface area (Å²) < 4.78 is 12.7. The van der Waals surface area contributed by atoms with Crippen molar-refractivity contribution in [2.75, 3.05) is 7.11 Å². The molecule has 0 amide bonds. The second-order valence-corrected chi connectivity index (χ2v) is 7.68. The van der Waals surface area contributed by atoms with Crippen molar-refractivity contribution in [3.05, 3.63) is 64.8 Å². The van der Waals surface area contributed by atoms with E-state index in [2.05, 4.69) is 17.1 Å². The molecule has 2 aromatic heterocycles. The highest BCUT2D eigenvalue weighted by molar-refractivity contribution is 7.98. The molecule has 4 rings (SSSR count). The molecule has 0 atom stereocenters. The summed E-state index contributed by atoms with van der Waals surface area (Å²) in [5, 5.41) is 9.58. The zero-order chi connectivity index (χ0) is 20.9. The van der Waals surface area contributed by atoms with E-state index in [1.54, 1.807) is 11.7 Å². The largest absolute Gasteiger partial charge is 0.497 e. The number of methoxy groups -OCH3 is 1. The molecule has 4 aromatic rings. The van der Waals surface area contributed by atoms with Crippen molar-refractivity contribution in [2.24, 2.45) is 0 Å². The van der Waals surface area contributed by atoms with E-state index in [9.17, 15) is 4.79 Å². The molecule has 0 aliphatic carbocycles. The number of aromatic nitrogens is 4. The second kappa shape index (κ2) is 9.13. The van der Waals surface area contributed by atoms with Gasteiger partial charge in [0.15, 0.2) is 5.16 Å². The lowest BCUT2D eigenvalue weighted by Gasteiger charge is -2.12. The van der Waals surface area contributed by atoms with Crippen LogP contribution in [0.2, 0.25) is 0 Å². The third-order valence-electron chi connectivity index (χ3n) is 4.69. The maximum Gasteiger partial charge on any atom is 0.262 e. The number of nitrogens with zero attached hydrogens (tertiary/aromatic N) is 4. The first-order valence-electron chi connectivity index (χ1n) is 9.78. The summed E-state index contributed by atoms with van der Waals surface area (Å²) in [4.78, 5) is 17.7. The lowest BCUT2D eigenvalue weighted by Crippen LogP contribution is -2.23. The molecular formula is C22H22N4O3S. The number of unbranched alkanes of at least 4 members (excludes halogenated alkanes) is 1. The molecule has 0 bridgehead atoms. The molecule has 2 heterocycles. The Morgan fingerprint density at radius 1 is 1.10 bits per heavy atom. The van der Waals surface area contributed by atoms with Gasteiger partial charge >= 0.3 is 0 Å². The van der Waals surface area contributed by atoms with Gasteiger partial charge in [0.2, 0.25) is 11.8 Å². The third-order valence-corrected chi connectivity index (χ3v) is 5.65. The van der Waals surface area contributed by atoms with Crippen LogP contribution >= 0.6 is 11.8 Å². The number of thioether (sulfide) groups is 1. The monoisotopic (exact) mass is 422 g/mol. The maximum atomic E-state index is 13.0. The highest BCUT2D eigenvalue weighted by atomic mass is 32.2. The van der Waals surface area contributed by atoms with Gasteiger partial charge in [-0.05, 0) is 42.8 Å². The summed E-state index contributed by atoms with van der Waals surface area (Å²) in [5.74, 6) is 2.12. The predicted octanol–water partition coefficient (Wildman–Crippen LogP) is 4.55. The Kier molecular flexibility index (Phi) is 6.13. The van der Waals surface area contributed by atoms with E-state index in [1.165, 1.54) is 11.8 Å². The smallest absolute Gasteiger partial charge is 0.262 e. The molecule has 30 heavy (non-hydrogen) atoms. The highest BCUT2D eigenvalue weighted by Crippen LogP contribution is 2.25. The minimum atomic E-state index is -0.0130. The normalized spacial score (nSPS) is 11.1. The molecule has 2 aromatic carbocycles. The predicted molar refractivity (Wildman–Crippen MR) is 117 cm³/mol. The summed E-state index contributed by atoms with van der Waals surface area (Å²) in [6.07, 6.45) is 1.91. The van der Waals surface area contributed by atoms with Gasteiger partial charge in [-0.15, -0.1) is 10.2 Å². The topological polar surface area (TPSA) is 83.0 Å². The van der Waals surface area contributed by atoms with Crippen molar-refractivity contribution in [1.29, 1.82) is 0 Å². The van der Waals surface area contributed by atoms with Crippen LogP contribution in [-0.4, -0.2) is 26.9 Å². The van der Waals surface area contributed by atoms with Crippen LogP contribution in [0.1, 0.15) is 25.7 Å². The Hall–Kier alpha value is -3.13. The van der Waals surface area contributed by atoms with E-state index in [0.29, 0.717) is 40.1 Å².